The van der Waals surface area contributed by atoms with Gasteiger partial charge in [0.1, 0.15) is 17.2 Å². The molecule has 0 saturated carbocycles. The Hall–Kier alpha value is -4.24. The second kappa shape index (κ2) is 12.5. The van der Waals surface area contributed by atoms with Crippen molar-refractivity contribution in [2.24, 2.45) is 0 Å². The first-order chi connectivity index (χ1) is 19.9. The Balaban J connectivity index is 1.33. The quantitative estimate of drug-likeness (QED) is 0.358. The first kappa shape index (κ1) is 28.3. The summed E-state index contributed by atoms with van der Waals surface area (Å²) in [6.45, 7) is 3.45. The van der Waals surface area contributed by atoms with Gasteiger partial charge in [-0.15, -0.1) is 5.53 Å². The van der Waals surface area contributed by atoms with Gasteiger partial charge in [0.15, 0.2) is 0 Å². The predicted octanol–water partition coefficient (Wildman–Crippen LogP) is 4.72. The number of amides is 1. The van der Waals surface area contributed by atoms with E-state index in [-0.39, 0.29) is 11.9 Å². The van der Waals surface area contributed by atoms with Gasteiger partial charge in [-0.3, -0.25) is 19.6 Å². The molecule has 3 aromatic carbocycles. The molecule has 0 radical (unpaired) electrons. The Bertz CT molecular complexity index is 1410. The van der Waals surface area contributed by atoms with Gasteiger partial charge in [-0.25, -0.2) is 0 Å². The normalized spacial score (nSPS) is 14.0. The van der Waals surface area contributed by atoms with Crippen LogP contribution in [0.15, 0.2) is 54.6 Å². The molecule has 9 heteroatoms. The lowest BCUT2D eigenvalue weighted by Crippen LogP contribution is -2.41. The highest BCUT2D eigenvalue weighted by Gasteiger charge is 2.32. The standard InChI is InChI=1S/C32H38N4O5/c1-5-41-31(38)16-12-23-19-28-32(29(20-23)40-4)34(2)33-36(28)27-8-6-7-24-21-35(18-17-26(24)27)30(37)15-11-22-9-13-25(39-3)14-10-22/h6-10,13-14,19-20,33H,5,11-12,15-18,21H2,1-4H3. The summed E-state index contributed by atoms with van der Waals surface area (Å²) in [4.78, 5) is 27.1. The summed E-state index contributed by atoms with van der Waals surface area (Å²) in [6, 6.07) is 18.2. The van der Waals surface area contributed by atoms with Gasteiger partial charge >= 0.3 is 5.97 Å². The van der Waals surface area contributed by atoms with E-state index < -0.39 is 0 Å². The molecule has 1 N–H and O–H groups in total. The molecule has 0 atom stereocenters. The van der Waals surface area contributed by atoms with Crippen LogP contribution < -0.4 is 25.0 Å². The molecule has 0 spiro atoms. The summed E-state index contributed by atoms with van der Waals surface area (Å²) < 4.78 is 16.1. The Labute approximate surface area is 241 Å². The molecular weight excluding hydrogens is 520 g/mol. The Morgan fingerprint density at radius 2 is 1.71 bits per heavy atom. The smallest absolute Gasteiger partial charge is 0.306 e. The molecule has 0 fully saturated rings. The number of nitrogens with zero attached hydrogens (tertiary/aromatic N) is 3. The zero-order valence-corrected chi connectivity index (χ0v) is 24.2. The summed E-state index contributed by atoms with van der Waals surface area (Å²) in [5, 5.41) is 4.02. The molecule has 41 heavy (non-hydrogen) atoms. The van der Waals surface area contributed by atoms with Gasteiger partial charge < -0.3 is 19.1 Å². The summed E-state index contributed by atoms with van der Waals surface area (Å²) in [5.41, 5.74) is 10.9. The molecule has 2 aliphatic heterocycles. The fourth-order valence-electron chi connectivity index (χ4n) is 5.59. The van der Waals surface area contributed by atoms with Crippen molar-refractivity contribution in [3.63, 3.8) is 0 Å². The number of fused-ring (bicyclic) bond motifs is 2. The van der Waals surface area contributed by atoms with Crippen molar-refractivity contribution < 1.29 is 23.8 Å². The molecule has 0 unspecified atom stereocenters. The number of hydrazine groups is 2. The van der Waals surface area contributed by atoms with Crippen LogP contribution in [0.5, 0.6) is 11.5 Å². The van der Waals surface area contributed by atoms with E-state index in [1.165, 1.54) is 5.56 Å². The van der Waals surface area contributed by atoms with Crippen molar-refractivity contribution in [1.82, 2.24) is 10.4 Å². The van der Waals surface area contributed by atoms with Crippen molar-refractivity contribution >= 4 is 28.9 Å². The number of ether oxygens (including phenoxy) is 3. The number of hydrogen-bond acceptors (Lipinski definition) is 8. The van der Waals surface area contributed by atoms with Crippen LogP contribution in [0, 0.1) is 0 Å². The fourth-order valence-corrected chi connectivity index (χ4v) is 5.59. The van der Waals surface area contributed by atoms with Crippen molar-refractivity contribution in [2.75, 3.05) is 44.4 Å². The lowest BCUT2D eigenvalue weighted by atomic mass is 9.96. The van der Waals surface area contributed by atoms with Gasteiger partial charge in [-0.1, -0.05) is 24.3 Å². The number of methoxy groups -OCH3 is 2. The topological polar surface area (TPSA) is 83.6 Å². The third-order valence-corrected chi connectivity index (χ3v) is 7.71. The molecule has 216 valence electrons. The summed E-state index contributed by atoms with van der Waals surface area (Å²) >= 11 is 0. The van der Waals surface area contributed by atoms with Gasteiger partial charge in [0.2, 0.25) is 5.91 Å². The van der Waals surface area contributed by atoms with Crippen molar-refractivity contribution in [2.45, 2.75) is 45.6 Å². The highest BCUT2D eigenvalue weighted by atomic mass is 16.5. The number of carbonyl (C=O) groups excluding carboxylic acids is 2. The van der Waals surface area contributed by atoms with E-state index in [0.717, 1.165) is 51.7 Å². The van der Waals surface area contributed by atoms with Crippen LogP contribution >= 0.6 is 0 Å². The molecule has 0 aliphatic carbocycles. The first-order valence-electron chi connectivity index (χ1n) is 14.1. The summed E-state index contributed by atoms with van der Waals surface area (Å²) in [6.07, 6.45) is 2.80. The average Bonchev–Trinajstić information content (AvgIpc) is 3.34. The molecule has 0 saturated heterocycles. The zero-order valence-electron chi connectivity index (χ0n) is 24.2. The minimum absolute atomic E-state index is 0.164. The van der Waals surface area contributed by atoms with E-state index in [1.807, 2.05) is 60.3 Å². The Morgan fingerprint density at radius 1 is 0.927 bits per heavy atom. The maximum Gasteiger partial charge on any atom is 0.306 e. The van der Waals surface area contributed by atoms with E-state index in [9.17, 15) is 9.59 Å². The second-order valence-corrected chi connectivity index (χ2v) is 10.3. The minimum atomic E-state index is -0.209. The van der Waals surface area contributed by atoms with Gasteiger partial charge in [0.25, 0.3) is 0 Å². The van der Waals surface area contributed by atoms with Gasteiger partial charge in [0, 0.05) is 33.0 Å². The number of rotatable bonds is 10. The highest BCUT2D eigenvalue weighted by molar-refractivity contribution is 5.87. The molecule has 0 aromatic heterocycles. The SMILES string of the molecule is CCOC(=O)CCc1cc(OC)c2c(c1)N(c1cccc3c1CCN(C(=O)CCc1ccc(OC)cc1)C3)NN2C. The van der Waals surface area contributed by atoms with Crippen LogP contribution in [0.1, 0.15) is 42.0 Å². The lowest BCUT2D eigenvalue weighted by Gasteiger charge is -2.32. The average molecular weight is 559 g/mol. The Kier molecular flexibility index (Phi) is 8.64. The zero-order chi connectivity index (χ0) is 28.9. The number of aryl methyl sites for hydroxylation is 2. The van der Waals surface area contributed by atoms with Crippen LogP contribution in [-0.2, 0) is 40.1 Å². The predicted molar refractivity (Wildman–Crippen MR) is 159 cm³/mol. The molecule has 0 bridgehead atoms. The van der Waals surface area contributed by atoms with E-state index in [2.05, 4.69) is 28.7 Å². The molecule has 2 heterocycles. The van der Waals surface area contributed by atoms with Gasteiger partial charge in [-0.05, 0) is 78.8 Å². The minimum Gasteiger partial charge on any atom is -0.497 e. The monoisotopic (exact) mass is 558 g/mol. The molecule has 3 aromatic rings. The number of nitrogens with one attached hydrogen (secondary N) is 1. The summed E-state index contributed by atoms with van der Waals surface area (Å²) in [5.74, 6) is 1.50. The van der Waals surface area contributed by atoms with E-state index in [4.69, 9.17) is 14.2 Å². The number of hydrogen-bond donors (Lipinski definition) is 1. The number of carbonyl (C=O) groups is 2. The third kappa shape index (κ3) is 6.10. The van der Waals surface area contributed by atoms with E-state index >= 15 is 0 Å². The number of esters is 1. The van der Waals surface area contributed by atoms with Crippen LogP contribution in [0.3, 0.4) is 0 Å². The molecular formula is C32H38N4O5. The first-order valence-corrected chi connectivity index (χ1v) is 14.1. The van der Waals surface area contributed by atoms with Crippen molar-refractivity contribution in [1.29, 1.82) is 0 Å². The fraction of sp³-hybridized carbons (Fsp3) is 0.375. The van der Waals surface area contributed by atoms with Crippen molar-refractivity contribution in [3.05, 3.63) is 76.9 Å². The number of anilines is 3. The molecule has 5 rings (SSSR count). The van der Waals surface area contributed by atoms with Crippen LogP contribution in [0.2, 0.25) is 0 Å². The van der Waals surface area contributed by atoms with Gasteiger partial charge in [-0.2, -0.15) is 0 Å². The highest BCUT2D eigenvalue weighted by Crippen LogP contribution is 2.46. The third-order valence-electron chi connectivity index (χ3n) is 7.71. The van der Waals surface area contributed by atoms with Crippen molar-refractivity contribution in [3.8, 4) is 11.5 Å². The maximum atomic E-state index is 13.1. The lowest BCUT2D eigenvalue weighted by molar-refractivity contribution is -0.143. The van der Waals surface area contributed by atoms with E-state index in [1.54, 1.807) is 14.2 Å². The largest absolute Gasteiger partial charge is 0.497 e. The molecule has 1 amide bonds. The Morgan fingerprint density at radius 3 is 2.44 bits per heavy atom. The van der Waals surface area contributed by atoms with E-state index in [0.29, 0.717) is 45.4 Å². The van der Waals surface area contributed by atoms with Crippen LogP contribution in [0.25, 0.3) is 0 Å². The van der Waals surface area contributed by atoms with Gasteiger partial charge in [0.05, 0.1) is 32.2 Å². The maximum absolute atomic E-state index is 13.1. The van der Waals surface area contributed by atoms with Crippen LogP contribution in [0.4, 0.5) is 17.1 Å². The number of benzene rings is 3. The summed E-state index contributed by atoms with van der Waals surface area (Å²) in [7, 11) is 5.27. The molecule has 2 aliphatic rings. The van der Waals surface area contributed by atoms with Crippen LogP contribution in [-0.4, -0.2) is 51.2 Å². The molecule has 9 nitrogen and oxygen atoms in total. The second-order valence-electron chi connectivity index (χ2n) is 10.3.